The Morgan fingerprint density at radius 3 is 2.71 bits per heavy atom. The molecule has 6 nitrogen and oxygen atoms in total. The topological polar surface area (TPSA) is 83.2 Å². The molecule has 0 atom stereocenters. The summed E-state index contributed by atoms with van der Waals surface area (Å²) in [4.78, 5) is 8.30. The first kappa shape index (κ1) is 13.0. The van der Waals surface area contributed by atoms with E-state index < -0.39 is 0 Å². The molecule has 0 unspecified atom stereocenters. The molecule has 0 saturated carbocycles. The summed E-state index contributed by atoms with van der Waals surface area (Å²) < 4.78 is 1.82. The fraction of sp³-hybridized carbons (Fsp3) is 0.0667. The lowest BCUT2D eigenvalue weighted by Gasteiger charge is -2.09. The standard InChI is InChI=1S/C15H14N4O2/c20-13-3-1-11(14(21)7-13)8-17-12-2-4-15(18-9-12)19-6-5-16-10-19/h1-7,9-10,17,20-21H,8H2. The Bertz CT molecular complexity index is 724. The number of pyridine rings is 1. The van der Waals surface area contributed by atoms with Gasteiger partial charge in [-0.25, -0.2) is 9.97 Å². The van der Waals surface area contributed by atoms with E-state index in [9.17, 15) is 10.2 Å². The van der Waals surface area contributed by atoms with Crippen LogP contribution in [0.25, 0.3) is 5.82 Å². The van der Waals surface area contributed by atoms with Crippen molar-refractivity contribution in [3.63, 3.8) is 0 Å². The molecule has 0 aliphatic rings. The number of nitrogens with zero attached hydrogens (tertiary/aromatic N) is 3. The van der Waals surface area contributed by atoms with Crippen molar-refractivity contribution < 1.29 is 10.2 Å². The second kappa shape index (κ2) is 5.54. The van der Waals surface area contributed by atoms with Crippen LogP contribution in [0.15, 0.2) is 55.2 Å². The van der Waals surface area contributed by atoms with Crippen molar-refractivity contribution in [2.75, 3.05) is 5.32 Å². The van der Waals surface area contributed by atoms with Crippen LogP contribution in [0.2, 0.25) is 0 Å². The van der Waals surface area contributed by atoms with Crippen LogP contribution >= 0.6 is 0 Å². The van der Waals surface area contributed by atoms with Gasteiger partial charge in [0.2, 0.25) is 0 Å². The predicted molar refractivity (Wildman–Crippen MR) is 78.5 cm³/mol. The summed E-state index contributed by atoms with van der Waals surface area (Å²) in [6, 6.07) is 8.31. The number of imidazole rings is 1. The van der Waals surface area contributed by atoms with Crippen molar-refractivity contribution in [3.8, 4) is 17.3 Å². The first-order valence-corrected chi connectivity index (χ1v) is 6.41. The molecule has 21 heavy (non-hydrogen) atoms. The number of hydrogen-bond acceptors (Lipinski definition) is 5. The van der Waals surface area contributed by atoms with Crippen molar-refractivity contribution in [2.45, 2.75) is 6.54 Å². The van der Waals surface area contributed by atoms with Gasteiger partial charge in [0.05, 0.1) is 11.9 Å². The third-order valence-electron chi connectivity index (χ3n) is 3.07. The van der Waals surface area contributed by atoms with Gasteiger partial charge in [0.15, 0.2) is 0 Å². The Kier molecular flexibility index (Phi) is 3.42. The van der Waals surface area contributed by atoms with Crippen LogP contribution in [0.5, 0.6) is 11.5 Å². The molecule has 3 aromatic rings. The van der Waals surface area contributed by atoms with Gasteiger partial charge in [0.25, 0.3) is 0 Å². The lowest BCUT2D eigenvalue weighted by molar-refractivity contribution is 0.446. The third-order valence-corrected chi connectivity index (χ3v) is 3.07. The zero-order chi connectivity index (χ0) is 14.7. The maximum atomic E-state index is 9.71. The maximum Gasteiger partial charge on any atom is 0.137 e. The molecular weight excluding hydrogens is 268 g/mol. The minimum Gasteiger partial charge on any atom is -0.508 e. The second-order valence-electron chi connectivity index (χ2n) is 4.54. The first-order chi connectivity index (χ1) is 10.2. The van der Waals surface area contributed by atoms with Gasteiger partial charge in [-0.1, -0.05) is 0 Å². The summed E-state index contributed by atoms with van der Waals surface area (Å²) in [6.07, 6.45) is 6.92. The summed E-state index contributed by atoms with van der Waals surface area (Å²) in [7, 11) is 0. The number of anilines is 1. The smallest absolute Gasteiger partial charge is 0.137 e. The highest BCUT2D eigenvalue weighted by Gasteiger charge is 2.03. The molecule has 0 saturated heterocycles. The molecule has 3 rings (SSSR count). The number of rotatable bonds is 4. The van der Waals surface area contributed by atoms with E-state index in [1.54, 1.807) is 24.8 Å². The highest BCUT2D eigenvalue weighted by atomic mass is 16.3. The number of aromatic nitrogens is 3. The van der Waals surface area contributed by atoms with Crippen LogP contribution in [0, 0.1) is 0 Å². The van der Waals surface area contributed by atoms with Gasteiger partial charge < -0.3 is 15.5 Å². The van der Waals surface area contributed by atoms with Crippen molar-refractivity contribution in [1.82, 2.24) is 14.5 Å². The van der Waals surface area contributed by atoms with Gasteiger partial charge in [-0.15, -0.1) is 0 Å². The lowest BCUT2D eigenvalue weighted by atomic mass is 10.2. The van der Waals surface area contributed by atoms with E-state index in [2.05, 4.69) is 15.3 Å². The van der Waals surface area contributed by atoms with E-state index in [0.29, 0.717) is 12.1 Å². The predicted octanol–water partition coefficient (Wildman–Crippen LogP) is 2.29. The summed E-state index contributed by atoms with van der Waals surface area (Å²) in [5.74, 6) is 0.888. The summed E-state index contributed by atoms with van der Waals surface area (Å²) in [5.41, 5.74) is 1.54. The molecule has 0 aliphatic carbocycles. The molecule has 2 heterocycles. The van der Waals surface area contributed by atoms with Gasteiger partial charge >= 0.3 is 0 Å². The van der Waals surface area contributed by atoms with E-state index in [-0.39, 0.29) is 11.5 Å². The lowest BCUT2D eigenvalue weighted by Crippen LogP contribution is -2.01. The largest absolute Gasteiger partial charge is 0.508 e. The zero-order valence-electron chi connectivity index (χ0n) is 11.1. The maximum absolute atomic E-state index is 9.71. The number of nitrogens with one attached hydrogen (secondary N) is 1. The highest BCUT2D eigenvalue weighted by Crippen LogP contribution is 2.23. The minimum absolute atomic E-state index is 0.0441. The van der Waals surface area contributed by atoms with Crippen molar-refractivity contribution >= 4 is 5.69 Å². The van der Waals surface area contributed by atoms with Crippen LogP contribution < -0.4 is 5.32 Å². The molecule has 0 spiro atoms. The van der Waals surface area contributed by atoms with Gasteiger partial charge in [0, 0.05) is 30.6 Å². The third kappa shape index (κ3) is 2.94. The van der Waals surface area contributed by atoms with Crippen molar-refractivity contribution in [1.29, 1.82) is 0 Å². The summed E-state index contributed by atoms with van der Waals surface area (Å²) in [5, 5.41) is 22.1. The fourth-order valence-corrected chi connectivity index (χ4v) is 1.94. The van der Waals surface area contributed by atoms with Crippen LogP contribution in [0.3, 0.4) is 0 Å². The zero-order valence-corrected chi connectivity index (χ0v) is 11.1. The van der Waals surface area contributed by atoms with E-state index in [0.717, 1.165) is 11.5 Å². The minimum atomic E-state index is 0.0441. The number of phenolic OH excluding ortho intramolecular Hbond substituents is 2. The molecule has 0 radical (unpaired) electrons. The normalized spacial score (nSPS) is 10.5. The number of benzene rings is 1. The van der Waals surface area contributed by atoms with E-state index in [1.807, 2.05) is 22.9 Å². The molecule has 1 aromatic carbocycles. The molecule has 106 valence electrons. The van der Waals surface area contributed by atoms with Gasteiger partial charge in [0.1, 0.15) is 23.6 Å². The fourth-order valence-electron chi connectivity index (χ4n) is 1.94. The molecule has 0 bridgehead atoms. The molecule has 2 aromatic heterocycles. The Morgan fingerprint density at radius 1 is 1.14 bits per heavy atom. The van der Waals surface area contributed by atoms with Gasteiger partial charge in [-0.05, 0) is 24.3 Å². The van der Waals surface area contributed by atoms with Crippen molar-refractivity contribution in [2.24, 2.45) is 0 Å². The molecule has 0 fully saturated rings. The monoisotopic (exact) mass is 282 g/mol. The van der Waals surface area contributed by atoms with Gasteiger partial charge in [-0.3, -0.25) is 4.57 Å². The molecule has 3 N–H and O–H groups in total. The average molecular weight is 282 g/mol. The SMILES string of the molecule is Oc1ccc(CNc2ccc(-n3ccnc3)nc2)c(O)c1. The summed E-state index contributed by atoms with van der Waals surface area (Å²) >= 11 is 0. The second-order valence-corrected chi connectivity index (χ2v) is 4.54. The van der Waals surface area contributed by atoms with Crippen molar-refractivity contribution in [3.05, 3.63) is 60.8 Å². The van der Waals surface area contributed by atoms with Crippen LogP contribution in [0.1, 0.15) is 5.56 Å². The van der Waals surface area contributed by atoms with E-state index >= 15 is 0 Å². The van der Waals surface area contributed by atoms with E-state index in [1.165, 1.54) is 12.1 Å². The Labute approximate surface area is 121 Å². The number of phenols is 2. The number of aromatic hydroxyl groups is 2. The first-order valence-electron chi connectivity index (χ1n) is 6.41. The van der Waals surface area contributed by atoms with Crippen LogP contribution in [-0.4, -0.2) is 24.7 Å². The van der Waals surface area contributed by atoms with Crippen LogP contribution in [0.4, 0.5) is 5.69 Å². The van der Waals surface area contributed by atoms with Crippen LogP contribution in [-0.2, 0) is 6.54 Å². The van der Waals surface area contributed by atoms with Gasteiger partial charge in [-0.2, -0.15) is 0 Å². The average Bonchev–Trinajstić information content (AvgIpc) is 3.01. The molecule has 6 heteroatoms. The Hall–Kier alpha value is -3.02. The quantitative estimate of drug-likeness (QED) is 0.684. The highest BCUT2D eigenvalue weighted by molar-refractivity contribution is 5.46. The molecule has 0 amide bonds. The Balaban J connectivity index is 1.68. The number of hydrogen-bond donors (Lipinski definition) is 3. The Morgan fingerprint density at radius 2 is 2.05 bits per heavy atom. The van der Waals surface area contributed by atoms with E-state index in [4.69, 9.17) is 0 Å². The summed E-state index contributed by atoms with van der Waals surface area (Å²) in [6.45, 7) is 0.443. The molecule has 0 aliphatic heterocycles. The molecular formula is C15H14N4O2.